The Morgan fingerprint density at radius 2 is 1.88 bits per heavy atom. The number of hydrogen-bond acceptors (Lipinski definition) is 3. The van der Waals surface area contributed by atoms with Gasteiger partial charge in [0, 0.05) is 18.7 Å². The molecule has 124 valence electrons. The van der Waals surface area contributed by atoms with Gasteiger partial charge in [-0.05, 0) is 44.0 Å². The molecule has 0 radical (unpaired) electrons. The van der Waals surface area contributed by atoms with E-state index in [2.05, 4.69) is 0 Å². The number of aryl methyl sites for hydroxylation is 1. The van der Waals surface area contributed by atoms with E-state index in [1.54, 1.807) is 6.07 Å². The minimum absolute atomic E-state index is 0.0497. The molecule has 1 aromatic carbocycles. The van der Waals surface area contributed by atoms with Crippen LogP contribution in [0.4, 0.5) is 5.69 Å². The Labute approximate surface area is 140 Å². The van der Waals surface area contributed by atoms with E-state index in [0.717, 1.165) is 24.3 Å². The number of piperidine rings is 1. The van der Waals surface area contributed by atoms with Crippen LogP contribution in [0.5, 0.6) is 0 Å². The van der Waals surface area contributed by atoms with Gasteiger partial charge in [-0.3, -0.25) is 9.59 Å². The van der Waals surface area contributed by atoms with Gasteiger partial charge in [0.15, 0.2) is 5.76 Å². The Hall–Kier alpha value is -2.56. The Bertz CT molecular complexity index is 768. The molecular formula is C19H20N2O3. The van der Waals surface area contributed by atoms with Crippen molar-refractivity contribution in [3.05, 3.63) is 54.0 Å². The Kier molecular flexibility index (Phi) is 3.63. The highest BCUT2D eigenvalue weighted by atomic mass is 16.3. The highest BCUT2D eigenvalue weighted by Crippen LogP contribution is 2.35. The van der Waals surface area contributed by atoms with Gasteiger partial charge in [-0.1, -0.05) is 18.2 Å². The SMILES string of the molecule is Cc1ccc(C(=O)N2CC[C@H]3[C@@H]2CCC(=O)N3c2ccccc2)o1. The molecular weight excluding hydrogens is 304 g/mol. The van der Waals surface area contributed by atoms with Crippen LogP contribution in [0.1, 0.15) is 35.6 Å². The van der Waals surface area contributed by atoms with E-state index in [9.17, 15) is 9.59 Å². The monoisotopic (exact) mass is 324 g/mol. The average molecular weight is 324 g/mol. The first-order valence-corrected chi connectivity index (χ1v) is 8.39. The van der Waals surface area contributed by atoms with Crippen molar-refractivity contribution >= 4 is 17.5 Å². The van der Waals surface area contributed by atoms with E-state index < -0.39 is 0 Å². The normalized spacial score (nSPS) is 23.5. The van der Waals surface area contributed by atoms with Gasteiger partial charge in [0.2, 0.25) is 5.91 Å². The quantitative estimate of drug-likeness (QED) is 0.853. The fourth-order valence-corrected chi connectivity index (χ4v) is 3.93. The molecule has 5 nitrogen and oxygen atoms in total. The molecule has 2 aliphatic heterocycles. The summed E-state index contributed by atoms with van der Waals surface area (Å²) in [5.41, 5.74) is 0.917. The van der Waals surface area contributed by atoms with Crippen LogP contribution in [0.2, 0.25) is 0 Å². The van der Waals surface area contributed by atoms with Crippen molar-refractivity contribution in [2.45, 2.75) is 38.3 Å². The number of likely N-dealkylation sites (tertiary alicyclic amines) is 1. The molecule has 3 heterocycles. The molecule has 2 aliphatic rings. The van der Waals surface area contributed by atoms with Crippen LogP contribution in [0, 0.1) is 6.92 Å². The number of anilines is 1. The molecule has 0 bridgehead atoms. The Balaban J connectivity index is 1.61. The van der Waals surface area contributed by atoms with E-state index in [-0.39, 0.29) is 23.9 Å². The number of hydrogen-bond donors (Lipinski definition) is 0. The predicted octanol–water partition coefficient (Wildman–Crippen LogP) is 3.00. The number of furan rings is 1. The smallest absolute Gasteiger partial charge is 0.289 e. The van der Waals surface area contributed by atoms with E-state index in [4.69, 9.17) is 4.42 Å². The third-order valence-electron chi connectivity index (χ3n) is 5.01. The van der Waals surface area contributed by atoms with Gasteiger partial charge in [0.25, 0.3) is 5.91 Å². The zero-order chi connectivity index (χ0) is 16.7. The molecule has 5 heteroatoms. The van der Waals surface area contributed by atoms with Crippen LogP contribution >= 0.6 is 0 Å². The molecule has 4 rings (SSSR count). The average Bonchev–Trinajstić information content (AvgIpc) is 3.21. The van der Waals surface area contributed by atoms with Crippen molar-refractivity contribution in [2.24, 2.45) is 0 Å². The fourth-order valence-electron chi connectivity index (χ4n) is 3.93. The van der Waals surface area contributed by atoms with E-state index in [1.165, 1.54) is 0 Å². The summed E-state index contributed by atoms with van der Waals surface area (Å²) < 4.78 is 5.50. The summed E-state index contributed by atoms with van der Waals surface area (Å²) in [7, 11) is 0. The minimum Gasteiger partial charge on any atom is -0.456 e. The summed E-state index contributed by atoms with van der Waals surface area (Å²) >= 11 is 0. The van der Waals surface area contributed by atoms with Gasteiger partial charge >= 0.3 is 0 Å². The second-order valence-electron chi connectivity index (χ2n) is 6.47. The summed E-state index contributed by atoms with van der Waals surface area (Å²) in [5, 5.41) is 0. The number of carbonyl (C=O) groups is 2. The van der Waals surface area contributed by atoms with Crippen molar-refractivity contribution in [1.82, 2.24) is 4.90 Å². The lowest BCUT2D eigenvalue weighted by atomic mass is 9.95. The standard InChI is InChI=1S/C19H20N2O3/c1-13-7-9-17(24-13)19(23)20-12-11-16-15(20)8-10-18(22)21(16)14-5-3-2-4-6-14/h2-7,9,15-16H,8,10-12H2,1H3/t15-,16-/m0/s1. The lowest BCUT2D eigenvalue weighted by Gasteiger charge is -2.39. The van der Waals surface area contributed by atoms with Crippen molar-refractivity contribution in [3.63, 3.8) is 0 Å². The Morgan fingerprint density at radius 1 is 1.08 bits per heavy atom. The molecule has 2 aromatic rings. The summed E-state index contributed by atoms with van der Waals surface area (Å²) in [6, 6.07) is 13.4. The third kappa shape index (κ3) is 2.40. The maximum absolute atomic E-state index is 12.8. The molecule has 2 fully saturated rings. The fraction of sp³-hybridized carbons (Fsp3) is 0.368. The zero-order valence-electron chi connectivity index (χ0n) is 13.6. The first kappa shape index (κ1) is 15.0. The first-order chi connectivity index (χ1) is 11.6. The second-order valence-corrected chi connectivity index (χ2v) is 6.47. The predicted molar refractivity (Wildman–Crippen MR) is 89.8 cm³/mol. The third-order valence-corrected chi connectivity index (χ3v) is 5.01. The van der Waals surface area contributed by atoms with Gasteiger partial charge in [-0.15, -0.1) is 0 Å². The molecule has 2 saturated heterocycles. The van der Waals surface area contributed by atoms with Gasteiger partial charge in [-0.2, -0.15) is 0 Å². The molecule has 0 saturated carbocycles. The lowest BCUT2D eigenvalue weighted by molar-refractivity contribution is -0.120. The van der Waals surface area contributed by atoms with Crippen molar-refractivity contribution in [2.75, 3.05) is 11.4 Å². The largest absolute Gasteiger partial charge is 0.456 e. The van der Waals surface area contributed by atoms with Crippen LogP contribution < -0.4 is 4.90 Å². The molecule has 0 aliphatic carbocycles. The number of nitrogens with zero attached hydrogens (tertiary/aromatic N) is 2. The number of amides is 2. The summed E-state index contributed by atoms with van der Waals surface area (Å²) in [6.45, 7) is 2.49. The number of benzene rings is 1. The van der Waals surface area contributed by atoms with Crippen molar-refractivity contribution < 1.29 is 14.0 Å². The molecule has 2 amide bonds. The molecule has 2 atom stereocenters. The first-order valence-electron chi connectivity index (χ1n) is 8.39. The second kappa shape index (κ2) is 5.82. The maximum Gasteiger partial charge on any atom is 0.289 e. The zero-order valence-corrected chi connectivity index (χ0v) is 13.6. The van der Waals surface area contributed by atoms with E-state index >= 15 is 0 Å². The highest BCUT2D eigenvalue weighted by molar-refractivity contribution is 5.96. The molecule has 0 N–H and O–H groups in total. The minimum atomic E-state index is -0.0713. The van der Waals surface area contributed by atoms with Crippen LogP contribution in [0.3, 0.4) is 0 Å². The number of rotatable bonds is 2. The highest BCUT2D eigenvalue weighted by Gasteiger charge is 2.45. The van der Waals surface area contributed by atoms with Crippen LogP contribution in [0.15, 0.2) is 46.9 Å². The van der Waals surface area contributed by atoms with Gasteiger partial charge in [-0.25, -0.2) is 0 Å². The van der Waals surface area contributed by atoms with Gasteiger partial charge < -0.3 is 14.2 Å². The van der Waals surface area contributed by atoms with Crippen molar-refractivity contribution in [1.29, 1.82) is 0 Å². The summed E-state index contributed by atoms with van der Waals surface area (Å²) in [5.74, 6) is 1.19. The van der Waals surface area contributed by atoms with E-state index in [1.807, 2.05) is 53.1 Å². The van der Waals surface area contributed by atoms with Crippen LogP contribution in [-0.4, -0.2) is 35.3 Å². The van der Waals surface area contributed by atoms with Gasteiger partial charge in [0.1, 0.15) is 5.76 Å². The topological polar surface area (TPSA) is 53.8 Å². The van der Waals surface area contributed by atoms with E-state index in [0.29, 0.717) is 18.7 Å². The van der Waals surface area contributed by atoms with Crippen LogP contribution in [-0.2, 0) is 4.79 Å². The number of carbonyl (C=O) groups excluding carboxylic acids is 2. The molecule has 0 spiro atoms. The molecule has 0 unspecified atom stereocenters. The van der Waals surface area contributed by atoms with Crippen molar-refractivity contribution in [3.8, 4) is 0 Å². The van der Waals surface area contributed by atoms with Crippen LogP contribution in [0.25, 0.3) is 0 Å². The number of fused-ring (bicyclic) bond motifs is 1. The lowest BCUT2D eigenvalue weighted by Crippen LogP contribution is -2.53. The molecule has 1 aromatic heterocycles. The maximum atomic E-state index is 12.8. The summed E-state index contributed by atoms with van der Waals surface area (Å²) in [6.07, 6.45) is 1.99. The number of para-hydroxylation sites is 1. The Morgan fingerprint density at radius 3 is 2.58 bits per heavy atom. The summed E-state index contributed by atoms with van der Waals surface area (Å²) in [4.78, 5) is 29.0. The van der Waals surface area contributed by atoms with Gasteiger partial charge in [0.05, 0.1) is 12.1 Å². The molecule has 24 heavy (non-hydrogen) atoms.